The Kier molecular flexibility index (Phi) is 4.56. The van der Waals surface area contributed by atoms with Crippen molar-refractivity contribution in [1.82, 2.24) is 0 Å². The molecule has 1 aliphatic rings. The van der Waals surface area contributed by atoms with Crippen LogP contribution in [0.15, 0.2) is 30.3 Å². The van der Waals surface area contributed by atoms with Crippen LogP contribution in [0.3, 0.4) is 0 Å². The van der Waals surface area contributed by atoms with Gasteiger partial charge in [-0.3, -0.25) is 14.9 Å². The van der Waals surface area contributed by atoms with Crippen molar-refractivity contribution < 1.29 is 19.2 Å². The molecule has 0 radical (unpaired) electrons. The monoisotopic (exact) mass is 342 g/mol. The Balaban J connectivity index is 1.82. The number of hydrogen-bond donors (Lipinski definition) is 1. The molecule has 0 saturated carbocycles. The molecule has 0 saturated heterocycles. The second-order valence-corrected chi connectivity index (χ2v) is 5.91. The number of nitrogens with one attached hydrogen (secondary N) is 1. The average molecular weight is 342 g/mol. The van der Waals surface area contributed by atoms with Crippen LogP contribution in [0, 0.1) is 24.0 Å². The van der Waals surface area contributed by atoms with Gasteiger partial charge < -0.3 is 14.8 Å². The van der Waals surface area contributed by atoms with Gasteiger partial charge in [0.1, 0.15) is 18.9 Å². The van der Waals surface area contributed by atoms with Gasteiger partial charge in [-0.2, -0.15) is 0 Å². The Morgan fingerprint density at radius 2 is 1.80 bits per heavy atom. The maximum atomic E-state index is 12.3. The van der Waals surface area contributed by atoms with E-state index >= 15 is 0 Å². The minimum Gasteiger partial charge on any atom is -0.486 e. The number of rotatable bonds is 4. The number of nitro benzene ring substituents is 1. The standard InChI is InChI=1S/C18H18N2O5/c1-11-3-4-13(7-12(11)2)8-18(21)19-14-9-16-17(25-6-5-24-16)10-15(14)20(22)23/h3-4,7,9-10H,5-6,8H2,1-2H3,(H,19,21). The lowest BCUT2D eigenvalue weighted by Crippen LogP contribution is -2.18. The molecule has 0 unspecified atom stereocenters. The second kappa shape index (κ2) is 6.80. The van der Waals surface area contributed by atoms with Crippen molar-refractivity contribution in [3.05, 3.63) is 57.1 Å². The van der Waals surface area contributed by atoms with E-state index in [9.17, 15) is 14.9 Å². The molecule has 0 aromatic heterocycles. The zero-order chi connectivity index (χ0) is 18.0. The molecule has 2 aromatic rings. The number of carbonyl (C=O) groups is 1. The number of nitro groups is 1. The summed E-state index contributed by atoms with van der Waals surface area (Å²) in [5.41, 5.74) is 2.96. The van der Waals surface area contributed by atoms with E-state index in [-0.39, 0.29) is 23.7 Å². The smallest absolute Gasteiger partial charge is 0.296 e. The number of aryl methyl sites for hydroxylation is 2. The van der Waals surface area contributed by atoms with Crippen LogP contribution in [0.4, 0.5) is 11.4 Å². The normalized spacial score (nSPS) is 12.6. The summed E-state index contributed by atoms with van der Waals surface area (Å²) in [5.74, 6) is 0.367. The lowest BCUT2D eigenvalue weighted by molar-refractivity contribution is -0.384. The molecule has 25 heavy (non-hydrogen) atoms. The fraction of sp³-hybridized carbons (Fsp3) is 0.278. The van der Waals surface area contributed by atoms with E-state index in [0.29, 0.717) is 24.7 Å². The number of amides is 1. The van der Waals surface area contributed by atoms with Gasteiger partial charge in [0.2, 0.25) is 5.91 Å². The number of benzene rings is 2. The first kappa shape index (κ1) is 16.8. The topological polar surface area (TPSA) is 90.7 Å². The molecule has 1 heterocycles. The van der Waals surface area contributed by atoms with Crippen molar-refractivity contribution in [3.8, 4) is 11.5 Å². The molecule has 3 rings (SSSR count). The summed E-state index contributed by atoms with van der Waals surface area (Å²) in [4.78, 5) is 23.1. The highest BCUT2D eigenvalue weighted by Gasteiger charge is 2.23. The van der Waals surface area contributed by atoms with Gasteiger partial charge in [-0.15, -0.1) is 0 Å². The fourth-order valence-corrected chi connectivity index (χ4v) is 2.62. The van der Waals surface area contributed by atoms with Crippen LogP contribution in [-0.2, 0) is 11.2 Å². The van der Waals surface area contributed by atoms with Crippen molar-refractivity contribution in [2.75, 3.05) is 18.5 Å². The molecule has 2 aromatic carbocycles. The lowest BCUT2D eigenvalue weighted by atomic mass is 10.0. The van der Waals surface area contributed by atoms with E-state index in [4.69, 9.17) is 9.47 Å². The van der Waals surface area contributed by atoms with E-state index in [1.165, 1.54) is 12.1 Å². The highest BCUT2D eigenvalue weighted by Crippen LogP contribution is 2.39. The first-order chi connectivity index (χ1) is 11.9. The van der Waals surface area contributed by atoms with Gasteiger partial charge >= 0.3 is 0 Å². The van der Waals surface area contributed by atoms with Crippen LogP contribution >= 0.6 is 0 Å². The van der Waals surface area contributed by atoms with Crippen LogP contribution in [-0.4, -0.2) is 24.0 Å². The molecule has 0 fully saturated rings. The van der Waals surface area contributed by atoms with Gasteiger partial charge in [0, 0.05) is 6.07 Å². The molecule has 1 aliphatic heterocycles. The van der Waals surface area contributed by atoms with Gasteiger partial charge in [-0.1, -0.05) is 18.2 Å². The fourth-order valence-electron chi connectivity index (χ4n) is 2.62. The van der Waals surface area contributed by atoms with E-state index in [2.05, 4.69) is 5.32 Å². The summed E-state index contributed by atoms with van der Waals surface area (Å²) >= 11 is 0. The number of hydrogen-bond acceptors (Lipinski definition) is 5. The summed E-state index contributed by atoms with van der Waals surface area (Å²) < 4.78 is 10.8. The van der Waals surface area contributed by atoms with Crippen LogP contribution in [0.2, 0.25) is 0 Å². The van der Waals surface area contributed by atoms with Gasteiger partial charge in [0.25, 0.3) is 5.69 Å². The molecule has 0 bridgehead atoms. The maximum absolute atomic E-state index is 12.3. The van der Waals surface area contributed by atoms with Crippen LogP contribution in [0.25, 0.3) is 0 Å². The third-order valence-corrected chi connectivity index (χ3v) is 4.07. The van der Waals surface area contributed by atoms with E-state index in [1.54, 1.807) is 0 Å². The van der Waals surface area contributed by atoms with Crippen molar-refractivity contribution >= 4 is 17.3 Å². The molecule has 130 valence electrons. The van der Waals surface area contributed by atoms with Crippen molar-refractivity contribution in [1.29, 1.82) is 0 Å². The quantitative estimate of drug-likeness (QED) is 0.681. The molecular weight excluding hydrogens is 324 g/mol. The molecular formula is C18H18N2O5. The van der Waals surface area contributed by atoms with Gasteiger partial charge in [-0.25, -0.2) is 0 Å². The lowest BCUT2D eigenvalue weighted by Gasteiger charge is -2.19. The zero-order valence-electron chi connectivity index (χ0n) is 14.0. The summed E-state index contributed by atoms with van der Waals surface area (Å²) in [7, 11) is 0. The second-order valence-electron chi connectivity index (χ2n) is 5.91. The van der Waals surface area contributed by atoms with E-state index in [1.807, 2.05) is 32.0 Å². The Morgan fingerprint density at radius 3 is 2.44 bits per heavy atom. The first-order valence-corrected chi connectivity index (χ1v) is 7.88. The highest BCUT2D eigenvalue weighted by molar-refractivity contribution is 5.95. The Bertz CT molecular complexity index is 848. The van der Waals surface area contributed by atoms with Crippen LogP contribution < -0.4 is 14.8 Å². The largest absolute Gasteiger partial charge is 0.486 e. The maximum Gasteiger partial charge on any atom is 0.296 e. The number of ether oxygens (including phenoxy) is 2. The van der Waals surface area contributed by atoms with Crippen molar-refractivity contribution in [2.24, 2.45) is 0 Å². The Hall–Kier alpha value is -3.09. The highest BCUT2D eigenvalue weighted by atomic mass is 16.6. The number of anilines is 1. The predicted molar refractivity (Wildman–Crippen MR) is 92.3 cm³/mol. The van der Waals surface area contributed by atoms with Crippen molar-refractivity contribution in [2.45, 2.75) is 20.3 Å². The Morgan fingerprint density at radius 1 is 1.12 bits per heavy atom. The number of nitrogens with zero attached hydrogens (tertiary/aromatic N) is 1. The minimum absolute atomic E-state index is 0.100. The third-order valence-electron chi connectivity index (χ3n) is 4.07. The summed E-state index contributed by atoms with van der Waals surface area (Å²) in [6.07, 6.45) is 0.132. The van der Waals surface area contributed by atoms with Crippen LogP contribution in [0.1, 0.15) is 16.7 Å². The first-order valence-electron chi connectivity index (χ1n) is 7.88. The van der Waals surface area contributed by atoms with Crippen LogP contribution in [0.5, 0.6) is 11.5 Å². The Labute approximate surface area is 144 Å². The van der Waals surface area contributed by atoms with Gasteiger partial charge in [-0.05, 0) is 30.5 Å². The average Bonchev–Trinajstić information content (AvgIpc) is 2.57. The van der Waals surface area contributed by atoms with Crippen molar-refractivity contribution in [3.63, 3.8) is 0 Å². The summed E-state index contributed by atoms with van der Waals surface area (Å²) in [6.45, 7) is 4.67. The summed E-state index contributed by atoms with van der Waals surface area (Å²) in [6, 6.07) is 8.47. The molecule has 7 nitrogen and oxygen atoms in total. The number of fused-ring (bicyclic) bond motifs is 1. The molecule has 1 amide bonds. The van der Waals surface area contributed by atoms with E-state index in [0.717, 1.165) is 16.7 Å². The third kappa shape index (κ3) is 3.71. The van der Waals surface area contributed by atoms with Gasteiger partial charge in [0.15, 0.2) is 11.5 Å². The van der Waals surface area contributed by atoms with E-state index < -0.39 is 4.92 Å². The molecule has 0 aliphatic carbocycles. The predicted octanol–water partition coefficient (Wildman–Crippen LogP) is 3.16. The summed E-state index contributed by atoms with van der Waals surface area (Å²) in [5, 5.41) is 13.9. The van der Waals surface area contributed by atoms with Gasteiger partial charge in [0.05, 0.1) is 17.4 Å². The number of carbonyl (C=O) groups excluding carboxylic acids is 1. The molecule has 7 heteroatoms. The molecule has 1 N–H and O–H groups in total. The molecule has 0 atom stereocenters. The molecule has 0 spiro atoms. The minimum atomic E-state index is -0.552. The zero-order valence-corrected chi connectivity index (χ0v) is 14.0. The SMILES string of the molecule is Cc1ccc(CC(=O)Nc2cc3c(cc2[N+](=O)[O-])OCCO3)cc1C.